The van der Waals surface area contributed by atoms with Crippen molar-refractivity contribution in [3.8, 4) is 0 Å². The smallest absolute Gasteiger partial charge is 0.264 e. The van der Waals surface area contributed by atoms with Crippen molar-refractivity contribution in [2.75, 3.05) is 23.0 Å². The van der Waals surface area contributed by atoms with Crippen LogP contribution < -0.4 is 9.80 Å². The number of anilines is 2. The maximum Gasteiger partial charge on any atom is 0.264 e. The van der Waals surface area contributed by atoms with E-state index in [0.29, 0.717) is 50.1 Å². The summed E-state index contributed by atoms with van der Waals surface area (Å²) in [4.78, 5) is 30.3. The fraction of sp³-hybridized carbons (Fsp3) is 0.438. The van der Waals surface area contributed by atoms with Crippen LogP contribution in [0.5, 0.6) is 0 Å². The number of aryl methyl sites for hydroxylation is 1. The highest BCUT2D eigenvalue weighted by molar-refractivity contribution is 6.07. The first-order valence-corrected chi connectivity index (χ1v) is 14.6. The molecule has 0 unspecified atom stereocenters. The van der Waals surface area contributed by atoms with E-state index in [2.05, 4.69) is 10.3 Å². The van der Waals surface area contributed by atoms with E-state index < -0.39 is 11.5 Å². The Labute approximate surface area is 241 Å². The minimum atomic E-state index is -1.69. The van der Waals surface area contributed by atoms with Gasteiger partial charge in [-0.1, -0.05) is 67.5 Å². The molecule has 0 saturated carbocycles. The number of aliphatic hydroxyl groups excluding tert-OH is 1. The number of allylic oxidation sites excluding steroid dienone is 1. The Morgan fingerprint density at radius 3 is 2.76 bits per heavy atom. The SMILES string of the molecule is C[C@H](/C=C/CCn1cc(CCO)nn1)[C@@]1(O)C(=O)N(Cc2cccc(N3CCCCCCC3=O)c2)c2ccccc21. The molecule has 1 aromatic heterocycles. The third-order valence-electron chi connectivity index (χ3n) is 8.13. The van der Waals surface area contributed by atoms with Gasteiger partial charge in [-0.2, -0.15) is 0 Å². The van der Waals surface area contributed by atoms with E-state index in [-0.39, 0.29) is 18.4 Å². The van der Waals surface area contributed by atoms with E-state index in [4.69, 9.17) is 5.11 Å². The highest BCUT2D eigenvalue weighted by atomic mass is 16.3. The lowest BCUT2D eigenvalue weighted by atomic mass is 9.83. The zero-order valence-corrected chi connectivity index (χ0v) is 23.7. The summed E-state index contributed by atoms with van der Waals surface area (Å²) in [6.07, 6.45) is 11.5. The topological polar surface area (TPSA) is 112 Å². The molecule has 2 atom stereocenters. The van der Waals surface area contributed by atoms with Gasteiger partial charge in [-0.3, -0.25) is 14.3 Å². The molecule has 2 aliphatic heterocycles. The number of aromatic nitrogens is 3. The average molecular weight is 558 g/mol. The number of hydrogen-bond donors (Lipinski definition) is 2. The van der Waals surface area contributed by atoms with Gasteiger partial charge in [-0.25, -0.2) is 0 Å². The molecule has 9 nitrogen and oxygen atoms in total. The maximum atomic E-state index is 13.9. The van der Waals surface area contributed by atoms with Gasteiger partial charge in [-0.05, 0) is 43.0 Å². The minimum absolute atomic E-state index is 0.0325. The number of carbonyl (C=O) groups is 2. The molecular formula is C32H39N5O4. The molecule has 3 heterocycles. The molecule has 1 fully saturated rings. The molecule has 2 amide bonds. The quantitative estimate of drug-likeness (QED) is 0.363. The van der Waals surface area contributed by atoms with Crippen LogP contribution in [-0.2, 0) is 34.7 Å². The Morgan fingerprint density at radius 1 is 1.07 bits per heavy atom. The summed E-state index contributed by atoms with van der Waals surface area (Å²) < 4.78 is 1.72. The lowest BCUT2D eigenvalue weighted by Gasteiger charge is -2.28. The van der Waals surface area contributed by atoms with Crippen LogP contribution in [0.2, 0.25) is 0 Å². The zero-order chi connectivity index (χ0) is 28.8. The number of aliphatic hydroxyl groups is 2. The summed E-state index contributed by atoms with van der Waals surface area (Å²) in [5, 5.41) is 29.1. The molecule has 9 heteroatoms. The third kappa shape index (κ3) is 6.11. The van der Waals surface area contributed by atoms with Crippen molar-refractivity contribution in [3.05, 3.63) is 83.7 Å². The van der Waals surface area contributed by atoms with Crippen LogP contribution in [0.25, 0.3) is 0 Å². The van der Waals surface area contributed by atoms with Gasteiger partial charge in [0.25, 0.3) is 5.91 Å². The molecule has 2 N–H and O–H groups in total. The molecule has 41 heavy (non-hydrogen) atoms. The van der Waals surface area contributed by atoms with Crippen molar-refractivity contribution in [2.45, 2.75) is 70.6 Å². The molecule has 3 aromatic rings. The second-order valence-corrected chi connectivity index (χ2v) is 11.0. The highest BCUT2D eigenvalue weighted by Crippen LogP contribution is 2.45. The summed E-state index contributed by atoms with van der Waals surface area (Å²) in [7, 11) is 0. The summed E-state index contributed by atoms with van der Waals surface area (Å²) in [5.74, 6) is -0.672. The Bertz CT molecular complexity index is 1400. The first-order valence-electron chi connectivity index (χ1n) is 14.6. The summed E-state index contributed by atoms with van der Waals surface area (Å²) in [6, 6.07) is 15.3. The second kappa shape index (κ2) is 12.8. The summed E-state index contributed by atoms with van der Waals surface area (Å²) in [5.41, 5.74) is 2.12. The standard InChI is InChI=1S/C32H39N5O4/c1-24(11-7-9-18-35-23-26(17-20-38)33-34-35)32(41)28-14-5-6-15-29(28)37(31(32)40)22-25-12-10-13-27(21-25)36-19-8-3-2-4-16-30(36)39/h5-7,10-15,21,23-24,38,41H,2-4,8-9,16-20,22H2,1H3/b11-7+/t24-,32+/m1/s1. The number of amides is 2. The van der Waals surface area contributed by atoms with Crippen molar-refractivity contribution < 1.29 is 19.8 Å². The number of para-hydroxylation sites is 1. The Morgan fingerprint density at radius 2 is 1.90 bits per heavy atom. The molecule has 2 aromatic carbocycles. The number of carbonyl (C=O) groups excluding carboxylic acids is 2. The molecule has 0 aliphatic carbocycles. The fourth-order valence-electron chi connectivity index (χ4n) is 5.82. The summed E-state index contributed by atoms with van der Waals surface area (Å²) in [6.45, 7) is 3.50. The van der Waals surface area contributed by atoms with Crippen molar-refractivity contribution >= 4 is 23.2 Å². The van der Waals surface area contributed by atoms with Crippen LogP contribution in [0.3, 0.4) is 0 Å². The predicted molar refractivity (Wildman–Crippen MR) is 157 cm³/mol. The first kappa shape index (κ1) is 28.7. The monoisotopic (exact) mass is 557 g/mol. The third-order valence-corrected chi connectivity index (χ3v) is 8.13. The highest BCUT2D eigenvalue weighted by Gasteiger charge is 2.52. The van der Waals surface area contributed by atoms with Crippen molar-refractivity contribution in [1.82, 2.24) is 15.0 Å². The van der Waals surface area contributed by atoms with E-state index in [0.717, 1.165) is 42.6 Å². The number of benzene rings is 2. The number of nitrogens with zero attached hydrogens (tertiary/aromatic N) is 5. The van der Waals surface area contributed by atoms with Gasteiger partial charge < -0.3 is 20.0 Å². The van der Waals surface area contributed by atoms with Gasteiger partial charge >= 0.3 is 0 Å². The normalized spacial score (nSPS) is 20.4. The molecule has 5 rings (SSSR count). The lowest BCUT2D eigenvalue weighted by Crippen LogP contribution is -2.44. The Balaban J connectivity index is 1.31. The van der Waals surface area contributed by atoms with Gasteiger partial charge in [0.1, 0.15) is 0 Å². The van der Waals surface area contributed by atoms with Crippen LogP contribution in [0.4, 0.5) is 11.4 Å². The number of hydrogen-bond acceptors (Lipinski definition) is 6. The van der Waals surface area contributed by atoms with E-state index in [1.54, 1.807) is 9.58 Å². The maximum absolute atomic E-state index is 13.9. The van der Waals surface area contributed by atoms with E-state index in [1.165, 1.54) is 0 Å². The lowest BCUT2D eigenvalue weighted by molar-refractivity contribution is -0.139. The predicted octanol–water partition coefficient (Wildman–Crippen LogP) is 4.13. The molecule has 2 aliphatic rings. The molecule has 0 radical (unpaired) electrons. The van der Waals surface area contributed by atoms with Crippen molar-refractivity contribution in [3.63, 3.8) is 0 Å². The number of fused-ring (bicyclic) bond motifs is 1. The zero-order valence-electron chi connectivity index (χ0n) is 23.7. The Kier molecular flexibility index (Phi) is 8.95. The van der Waals surface area contributed by atoms with Gasteiger partial charge in [0.2, 0.25) is 5.91 Å². The Hall–Kier alpha value is -3.82. The van der Waals surface area contributed by atoms with E-state index in [1.807, 2.05) is 78.7 Å². The van der Waals surface area contributed by atoms with Crippen molar-refractivity contribution in [1.29, 1.82) is 0 Å². The van der Waals surface area contributed by atoms with Gasteiger partial charge in [0.15, 0.2) is 5.60 Å². The first-order chi connectivity index (χ1) is 19.9. The molecule has 216 valence electrons. The largest absolute Gasteiger partial charge is 0.396 e. The van der Waals surface area contributed by atoms with Crippen LogP contribution in [-0.4, -0.2) is 50.2 Å². The van der Waals surface area contributed by atoms with Gasteiger partial charge in [-0.15, -0.1) is 5.10 Å². The number of rotatable bonds is 10. The van der Waals surface area contributed by atoms with Crippen LogP contribution in [0.15, 0.2) is 66.9 Å². The minimum Gasteiger partial charge on any atom is -0.396 e. The fourth-order valence-corrected chi connectivity index (χ4v) is 5.82. The van der Waals surface area contributed by atoms with E-state index in [9.17, 15) is 14.7 Å². The molecule has 0 bridgehead atoms. The van der Waals surface area contributed by atoms with Gasteiger partial charge in [0, 0.05) is 55.9 Å². The van der Waals surface area contributed by atoms with Crippen LogP contribution in [0, 0.1) is 5.92 Å². The van der Waals surface area contributed by atoms with E-state index >= 15 is 0 Å². The van der Waals surface area contributed by atoms with Crippen LogP contribution in [0.1, 0.15) is 62.3 Å². The molecule has 1 saturated heterocycles. The molecule has 0 spiro atoms. The van der Waals surface area contributed by atoms with Crippen molar-refractivity contribution in [2.24, 2.45) is 5.92 Å². The van der Waals surface area contributed by atoms with Gasteiger partial charge in [0.05, 0.1) is 17.9 Å². The average Bonchev–Trinajstić information content (AvgIpc) is 3.50. The van der Waals surface area contributed by atoms with Crippen LogP contribution >= 0.6 is 0 Å². The second-order valence-electron chi connectivity index (χ2n) is 11.0. The molecular weight excluding hydrogens is 518 g/mol. The summed E-state index contributed by atoms with van der Waals surface area (Å²) >= 11 is 0.